The molecule has 0 unspecified atom stereocenters. The van der Waals surface area contributed by atoms with Gasteiger partial charge in [0.15, 0.2) is 0 Å². The second-order valence-corrected chi connectivity index (χ2v) is 15.2. The average Bonchev–Trinajstić information content (AvgIpc) is 3.75. The van der Waals surface area contributed by atoms with Gasteiger partial charge in [-0.15, -0.1) is 11.3 Å². The lowest BCUT2D eigenvalue weighted by atomic mass is 9.56. The highest BCUT2D eigenvalue weighted by Gasteiger charge is 2.66. The molecular weight excluding hydrogens is 680 g/mol. The van der Waals surface area contributed by atoms with Gasteiger partial charge in [-0.2, -0.15) is 5.10 Å². The van der Waals surface area contributed by atoms with Crippen molar-refractivity contribution in [2.75, 3.05) is 4.90 Å². The summed E-state index contributed by atoms with van der Waals surface area (Å²) in [6, 6.07) is 11.7. The number of benzene rings is 2. The molecule has 1 saturated carbocycles. The molecule has 1 N–H and O–H groups in total. The highest BCUT2D eigenvalue weighted by Crippen LogP contribution is 2.60. The molecule has 9 rings (SSSR count). The van der Waals surface area contributed by atoms with Gasteiger partial charge in [-0.25, -0.2) is 28.4 Å². The SMILES string of the molecule is Cc1c(-c2cc(N3C(=O)[C@@H]4C[C@@H]5C(=CCn6c(=O)n(C)c(=O)n65)[C@H](C5=COc6ccc(O)cc6C5)[C@]4(C)C3=O)n(C)n2)sc2ccc(Cl)cc12. The van der Waals surface area contributed by atoms with Crippen LogP contribution in [0.3, 0.4) is 0 Å². The maximum atomic E-state index is 15.0. The molecule has 1 saturated heterocycles. The van der Waals surface area contributed by atoms with E-state index in [2.05, 4.69) is 0 Å². The Balaban J connectivity index is 1.18. The molecule has 4 atom stereocenters. The van der Waals surface area contributed by atoms with Gasteiger partial charge in [-0.3, -0.25) is 14.3 Å². The molecule has 5 aromatic rings. The van der Waals surface area contributed by atoms with Crippen LogP contribution in [0.15, 0.2) is 75.5 Å². The van der Waals surface area contributed by atoms with Gasteiger partial charge in [0, 0.05) is 47.8 Å². The summed E-state index contributed by atoms with van der Waals surface area (Å²) in [5.74, 6) is -1.25. The van der Waals surface area contributed by atoms with Gasteiger partial charge in [0.1, 0.15) is 23.0 Å². The third-order valence-electron chi connectivity index (χ3n) is 11.1. The van der Waals surface area contributed by atoms with E-state index in [0.29, 0.717) is 28.7 Å². The zero-order chi connectivity index (χ0) is 35.0. The molecule has 4 aliphatic rings. The van der Waals surface area contributed by atoms with E-state index in [4.69, 9.17) is 21.4 Å². The van der Waals surface area contributed by atoms with Gasteiger partial charge in [-0.05, 0) is 78.8 Å². The topological polar surface area (TPSA) is 134 Å². The first-order valence-corrected chi connectivity index (χ1v) is 17.4. The molecule has 2 aromatic carbocycles. The number of allylic oxidation sites excluding steroid dienone is 3. The second kappa shape index (κ2) is 10.4. The minimum absolute atomic E-state index is 0.0817. The Morgan fingerprint density at radius 3 is 2.66 bits per heavy atom. The number of imide groups is 1. The van der Waals surface area contributed by atoms with Gasteiger partial charge in [0.25, 0.3) is 0 Å². The van der Waals surface area contributed by atoms with Crippen LogP contribution in [0.4, 0.5) is 5.82 Å². The zero-order valence-electron chi connectivity index (χ0n) is 27.5. The van der Waals surface area contributed by atoms with Gasteiger partial charge in [-0.1, -0.05) is 17.7 Å². The third kappa shape index (κ3) is 4.01. The number of nitrogens with zero attached hydrogens (tertiary/aromatic N) is 6. The number of hydrogen-bond acceptors (Lipinski definition) is 8. The van der Waals surface area contributed by atoms with Crippen LogP contribution in [-0.2, 0) is 36.6 Å². The van der Waals surface area contributed by atoms with E-state index in [1.165, 1.54) is 21.3 Å². The Labute approximate surface area is 293 Å². The first kappa shape index (κ1) is 30.9. The number of amides is 2. The Hall–Kier alpha value is -5.14. The molecule has 1 aliphatic carbocycles. The highest BCUT2D eigenvalue weighted by molar-refractivity contribution is 7.22. The van der Waals surface area contributed by atoms with E-state index in [9.17, 15) is 19.5 Å². The normalized spacial score (nSPS) is 24.0. The van der Waals surface area contributed by atoms with Crippen LogP contribution < -0.4 is 21.0 Å². The fourth-order valence-corrected chi connectivity index (χ4v) is 9.97. The van der Waals surface area contributed by atoms with Crippen molar-refractivity contribution in [3.63, 3.8) is 0 Å². The van der Waals surface area contributed by atoms with Crippen LogP contribution in [0.5, 0.6) is 11.5 Å². The largest absolute Gasteiger partial charge is 0.508 e. The van der Waals surface area contributed by atoms with Crippen LogP contribution in [0.25, 0.3) is 20.7 Å². The Morgan fingerprint density at radius 2 is 1.86 bits per heavy atom. The number of anilines is 1. The van der Waals surface area contributed by atoms with Crippen molar-refractivity contribution in [2.24, 2.45) is 31.3 Å². The quantitative estimate of drug-likeness (QED) is 0.209. The van der Waals surface area contributed by atoms with E-state index >= 15 is 4.79 Å². The summed E-state index contributed by atoms with van der Waals surface area (Å²) >= 11 is 7.86. The molecular formula is C36H31ClN6O6S. The molecule has 2 fully saturated rings. The number of aryl methyl sites for hydroxylation is 2. The van der Waals surface area contributed by atoms with Crippen LogP contribution in [0.2, 0.25) is 5.02 Å². The van der Waals surface area contributed by atoms with Crippen molar-refractivity contribution in [1.29, 1.82) is 0 Å². The van der Waals surface area contributed by atoms with E-state index in [1.807, 2.05) is 38.1 Å². The van der Waals surface area contributed by atoms with Crippen LogP contribution >= 0.6 is 22.9 Å². The lowest BCUT2D eigenvalue weighted by Crippen LogP contribution is -2.51. The number of aromatic hydroxyl groups is 1. The van der Waals surface area contributed by atoms with E-state index < -0.39 is 40.6 Å². The first-order valence-electron chi connectivity index (χ1n) is 16.3. The number of carbonyl (C=O) groups is 2. The predicted octanol–water partition coefficient (Wildman–Crippen LogP) is 4.85. The summed E-state index contributed by atoms with van der Waals surface area (Å²) in [4.78, 5) is 58.4. The van der Waals surface area contributed by atoms with Crippen molar-refractivity contribution in [1.82, 2.24) is 23.7 Å². The van der Waals surface area contributed by atoms with Crippen molar-refractivity contribution in [2.45, 2.75) is 39.3 Å². The number of fused-ring (bicyclic) bond motifs is 6. The number of phenolic OH excluding ortho intramolecular Hbond substituents is 1. The summed E-state index contributed by atoms with van der Waals surface area (Å²) in [5, 5.41) is 16.7. The smallest absolute Gasteiger partial charge is 0.347 e. The number of phenols is 1. The fraction of sp³-hybridized carbons (Fsp3) is 0.306. The molecule has 254 valence electrons. The fourth-order valence-electron chi connectivity index (χ4n) is 8.65. The van der Waals surface area contributed by atoms with Crippen molar-refractivity contribution in [3.8, 4) is 22.1 Å². The summed E-state index contributed by atoms with van der Waals surface area (Å²) in [5.41, 5.74) is 1.69. The first-order chi connectivity index (χ1) is 23.9. The van der Waals surface area contributed by atoms with Crippen molar-refractivity contribution < 1.29 is 19.4 Å². The lowest BCUT2D eigenvalue weighted by molar-refractivity contribution is -0.130. The van der Waals surface area contributed by atoms with E-state index in [-0.39, 0.29) is 24.6 Å². The average molecular weight is 711 g/mol. The maximum Gasteiger partial charge on any atom is 0.347 e. The number of ether oxygens (including phenoxy) is 1. The lowest BCUT2D eigenvalue weighted by Gasteiger charge is -2.48. The highest BCUT2D eigenvalue weighted by atomic mass is 35.5. The standard InChI is InChI=1S/C36H31ClN6O6S/c1-17-23-13-20(37)5-8-28(23)50-31(17)25-15-29(40(4)38-25)42-32(45)24-14-26-22(9-10-41-34(47)39(3)35(48)43(26)41)30(36(24,2)33(42)46)19-11-18-12-21(44)6-7-27(18)49-16-19/h5-9,12-13,15-16,24,26,30,44H,10-11,14H2,1-4H3/t24-,26+,30-,36+/m0/s1. The number of carbonyl (C=O) groups excluding carboxylic acids is 2. The summed E-state index contributed by atoms with van der Waals surface area (Å²) in [7, 11) is 3.15. The summed E-state index contributed by atoms with van der Waals surface area (Å²) in [6.45, 7) is 3.97. The van der Waals surface area contributed by atoms with Gasteiger partial charge in [0.2, 0.25) is 11.8 Å². The molecule has 6 heterocycles. The monoisotopic (exact) mass is 710 g/mol. The van der Waals surface area contributed by atoms with Crippen LogP contribution in [0.1, 0.15) is 30.5 Å². The Kier molecular flexibility index (Phi) is 6.45. The minimum Gasteiger partial charge on any atom is -0.508 e. The molecule has 14 heteroatoms. The molecule has 0 bridgehead atoms. The third-order valence-corrected chi connectivity index (χ3v) is 12.6. The molecule has 2 amide bonds. The maximum absolute atomic E-state index is 15.0. The molecule has 0 spiro atoms. The number of thiophene rings is 1. The summed E-state index contributed by atoms with van der Waals surface area (Å²) < 4.78 is 12.6. The van der Waals surface area contributed by atoms with Gasteiger partial charge < -0.3 is 9.84 Å². The minimum atomic E-state index is -1.27. The Bertz CT molecular complexity index is 2550. The number of halogens is 1. The van der Waals surface area contributed by atoms with Gasteiger partial charge in [0.05, 0.1) is 35.1 Å². The molecule has 50 heavy (non-hydrogen) atoms. The molecule has 3 aliphatic heterocycles. The van der Waals surface area contributed by atoms with E-state index in [1.54, 1.807) is 53.6 Å². The number of rotatable bonds is 3. The molecule has 3 aromatic heterocycles. The van der Waals surface area contributed by atoms with Crippen molar-refractivity contribution >= 4 is 50.7 Å². The van der Waals surface area contributed by atoms with E-state index in [0.717, 1.165) is 41.8 Å². The number of aromatic nitrogens is 5. The Morgan fingerprint density at radius 1 is 1.06 bits per heavy atom. The summed E-state index contributed by atoms with van der Waals surface area (Å²) in [6.07, 6.45) is 4.04. The zero-order valence-corrected chi connectivity index (χ0v) is 29.1. The van der Waals surface area contributed by atoms with Crippen LogP contribution in [-0.4, -0.2) is 40.6 Å². The van der Waals surface area contributed by atoms with Gasteiger partial charge >= 0.3 is 11.4 Å². The number of hydrogen-bond donors (Lipinski definition) is 1. The molecule has 0 radical (unpaired) electrons. The second-order valence-electron chi connectivity index (χ2n) is 13.7. The van der Waals surface area contributed by atoms with Crippen molar-refractivity contribution in [3.05, 3.63) is 103 Å². The predicted molar refractivity (Wildman–Crippen MR) is 188 cm³/mol. The molecule has 12 nitrogen and oxygen atoms in total. The van der Waals surface area contributed by atoms with Crippen LogP contribution in [0, 0.1) is 24.2 Å².